The molecule has 21 heavy (non-hydrogen) atoms. The molecule has 1 heterocycles. The van der Waals surface area contributed by atoms with Crippen molar-refractivity contribution in [2.24, 2.45) is 0 Å². The molecule has 0 aliphatic carbocycles. The van der Waals surface area contributed by atoms with Gasteiger partial charge in [0.25, 0.3) is 5.91 Å². The molecule has 108 valence electrons. The Hall–Kier alpha value is -1.77. The predicted molar refractivity (Wildman–Crippen MR) is 86.6 cm³/mol. The minimum atomic E-state index is -0.249. The van der Waals surface area contributed by atoms with E-state index in [1.165, 1.54) is 6.07 Å². The van der Waals surface area contributed by atoms with E-state index < -0.39 is 0 Å². The van der Waals surface area contributed by atoms with Gasteiger partial charge in [0.2, 0.25) is 0 Å². The largest absolute Gasteiger partial charge is 0.340 e. The van der Waals surface area contributed by atoms with E-state index in [0.717, 1.165) is 4.47 Å². The summed E-state index contributed by atoms with van der Waals surface area (Å²) in [5.41, 5.74) is 1.47. The fraction of sp³-hybridized carbons (Fsp3) is 0.200. The Balaban J connectivity index is 2.29. The zero-order valence-corrected chi connectivity index (χ0v) is 13.9. The minimum Gasteiger partial charge on any atom is -0.340 e. The lowest BCUT2D eigenvalue weighted by Crippen LogP contribution is -2.18. The molecule has 6 heteroatoms. The van der Waals surface area contributed by atoms with Crippen LogP contribution in [0, 0.1) is 11.3 Å². The maximum atomic E-state index is 12.4. The van der Waals surface area contributed by atoms with Crippen LogP contribution in [-0.2, 0) is 0 Å². The summed E-state index contributed by atoms with van der Waals surface area (Å²) in [6, 6.07) is 8.67. The normalized spacial score (nSPS) is 10.5. The van der Waals surface area contributed by atoms with Crippen LogP contribution in [0.25, 0.3) is 0 Å². The van der Waals surface area contributed by atoms with Crippen LogP contribution in [0.2, 0.25) is 5.02 Å². The number of rotatable bonds is 3. The predicted octanol–water partition coefficient (Wildman–Crippen LogP) is 4.61. The van der Waals surface area contributed by atoms with Gasteiger partial charge < -0.3 is 9.88 Å². The highest BCUT2D eigenvalue weighted by atomic mass is 79.9. The first-order valence-corrected chi connectivity index (χ1v) is 7.48. The molecule has 0 saturated carbocycles. The van der Waals surface area contributed by atoms with Crippen molar-refractivity contribution in [3.05, 3.63) is 51.2 Å². The summed E-state index contributed by atoms with van der Waals surface area (Å²) < 4.78 is 2.71. The van der Waals surface area contributed by atoms with Gasteiger partial charge in [-0.15, -0.1) is 0 Å². The molecule has 0 saturated heterocycles. The number of hydrogen-bond acceptors (Lipinski definition) is 2. The molecule has 4 nitrogen and oxygen atoms in total. The van der Waals surface area contributed by atoms with Crippen LogP contribution in [0.1, 0.15) is 35.9 Å². The van der Waals surface area contributed by atoms with Gasteiger partial charge in [-0.05, 0) is 54.0 Å². The fourth-order valence-electron chi connectivity index (χ4n) is 1.93. The van der Waals surface area contributed by atoms with Crippen molar-refractivity contribution in [1.29, 1.82) is 5.26 Å². The van der Waals surface area contributed by atoms with Gasteiger partial charge in [0.1, 0.15) is 5.69 Å². The van der Waals surface area contributed by atoms with E-state index in [1.807, 2.05) is 30.7 Å². The molecule has 1 N–H and O–H groups in total. The van der Waals surface area contributed by atoms with Crippen molar-refractivity contribution < 1.29 is 4.79 Å². The third-order valence-corrected chi connectivity index (χ3v) is 3.70. The van der Waals surface area contributed by atoms with Gasteiger partial charge in [0, 0.05) is 16.7 Å². The summed E-state index contributed by atoms with van der Waals surface area (Å²) in [5, 5.41) is 11.9. The summed E-state index contributed by atoms with van der Waals surface area (Å²) in [4.78, 5) is 12.4. The topological polar surface area (TPSA) is 57.8 Å². The van der Waals surface area contributed by atoms with Crippen LogP contribution in [0.5, 0.6) is 0 Å². The van der Waals surface area contributed by atoms with Gasteiger partial charge in [-0.3, -0.25) is 4.79 Å². The second-order valence-corrected chi connectivity index (χ2v) is 6.13. The molecule has 2 rings (SSSR count). The average molecular weight is 367 g/mol. The zero-order chi connectivity index (χ0) is 15.6. The van der Waals surface area contributed by atoms with Crippen molar-refractivity contribution in [1.82, 2.24) is 4.57 Å². The number of amides is 1. The molecule has 0 spiro atoms. The molecule has 0 radical (unpaired) electrons. The highest BCUT2D eigenvalue weighted by Crippen LogP contribution is 2.25. The minimum absolute atomic E-state index is 0.161. The number of carbonyl (C=O) groups excluding carboxylic acids is 1. The van der Waals surface area contributed by atoms with Gasteiger partial charge in [0.15, 0.2) is 0 Å². The number of nitrogens with one attached hydrogen (secondary N) is 1. The van der Waals surface area contributed by atoms with Crippen LogP contribution in [0.4, 0.5) is 5.69 Å². The monoisotopic (exact) mass is 365 g/mol. The van der Waals surface area contributed by atoms with Crippen LogP contribution >= 0.6 is 27.5 Å². The van der Waals surface area contributed by atoms with Crippen LogP contribution < -0.4 is 5.32 Å². The van der Waals surface area contributed by atoms with Crippen molar-refractivity contribution >= 4 is 39.1 Å². The first-order chi connectivity index (χ1) is 9.92. The average Bonchev–Trinajstić information content (AvgIpc) is 2.83. The highest BCUT2D eigenvalue weighted by molar-refractivity contribution is 9.10. The van der Waals surface area contributed by atoms with E-state index in [9.17, 15) is 4.79 Å². The molecule has 1 aromatic heterocycles. The van der Waals surface area contributed by atoms with E-state index in [-0.39, 0.29) is 11.9 Å². The first kappa shape index (κ1) is 15.6. The van der Waals surface area contributed by atoms with Gasteiger partial charge in [-0.25, -0.2) is 0 Å². The standard InChI is InChI=1S/C15H13BrClN3O/c1-9(2)20-8-11(16)6-14(20)15(21)19-13-4-3-10(7-18)5-12(13)17/h3-6,8-9H,1-2H3,(H,19,21). The Bertz CT molecular complexity index is 731. The maximum Gasteiger partial charge on any atom is 0.272 e. The Labute approximate surface area is 136 Å². The number of carbonyl (C=O) groups is 1. The number of aromatic nitrogens is 1. The van der Waals surface area contributed by atoms with Crippen LogP contribution in [-0.4, -0.2) is 10.5 Å². The molecule has 0 aliphatic heterocycles. The summed E-state index contributed by atoms with van der Waals surface area (Å²) in [7, 11) is 0. The Morgan fingerprint density at radius 2 is 2.14 bits per heavy atom. The molecule has 2 aromatic rings. The van der Waals surface area contributed by atoms with E-state index in [1.54, 1.807) is 18.2 Å². The smallest absolute Gasteiger partial charge is 0.272 e. The van der Waals surface area contributed by atoms with Crippen molar-refractivity contribution in [3.8, 4) is 6.07 Å². The van der Waals surface area contributed by atoms with Crippen LogP contribution in [0.3, 0.4) is 0 Å². The number of hydrogen-bond donors (Lipinski definition) is 1. The lowest BCUT2D eigenvalue weighted by molar-refractivity contribution is 0.101. The van der Waals surface area contributed by atoms with Crippen molar-refractivity contribution in [3.63, 3.8) is 0 Å². The van der Waals surface area contributed by atoms with Crippen LogP contribution in [0.15, 0.2) is 34.9 Å². The molecule has 0 fully saturated rings. The van der Waals surface area contributed by atoms with Gasteiger partial charge in [-0.2, -0.15) is 5.26 Å². The summed E-state index contributed by atoms with van der Waals surface area (Å²) in [5.74, 6) is -0.249. The molecular weight excluding hydrogens is 354 g/mol. The number of nitriles is 1. The SMILES string of the molecule is CC(C)n1cc(Br)cc1C(=O)Nc1ccc(C#N)cc1Cl. The quantitative estimate of drug-likeness (QED) is 0.862. The molecule has 0 bridgehead atoms. The zero-order valence-electron chi connectivity index (χ0n) is 11.5. The first-order valence-electron chi connectivity index (χ1n) is 6.30. The second-order valence-electron chi connectivity index (χ2n) is 4.81. The fourth-order valence-corrected chi connectivity index (χ4v) is 2.59. The van der Waals surface area contributed by atoms with Gasteiger partial charge in [0.05, 0.1) is 22.3 Å². The van der Waals surface area contributed by atoms with E-state index in [0.29, 0.717) is 22.0 Å². The summed E-state index contributed by atoms with van der Waals surface area (Å²) in [6.45, 7) is 4.00. The third-order valence-electron chi connectivity index (χ3n) is 2.95. The summed E-state index contributed by atoms with van der Waals surface area (Å²) in [6.07, 6.45) is 1.86. The molecule has 0 unspecified atom stereocenters. The highest BCUT2D eigenvalue weighted by Gasteiger charge is 2.16. The molecule has 1 aromatic carbocycles. The third kappa shape index (κ3) is 3.46. The van der Waals surface area contributed by atoms with Crippen molar-refractivity contribution in [2.75, 3.05) is 5.32 Å². The number of benzene rings is 1. The van der Waals surface area contributed by atoms with E-state index in [2.05, 4.69) is 21.2 Å². The lowest BCUT2D eigenvalue weighted by atomic mass is 10.2. The maximum absolute atomic E-state index is 12.4. The van der Waals surface area contributed by atoms with Crippen molar-refractivity contribution in [2.45, 2.75) is 19.9 Å². The second kappa shape index (κ2) is 6.33. The van der Waals surface area contributed by atoms with Gasteiger partial charge >= 0.3 is 0 Å². The molecule has 1 amide bonds. The summed E-state index contributed by atoms with van der Waals surface area (Å²) >= 11 is 9.44. The molecule has 0 atom stereocenters. The lowest BCUT2D eigenvalue weighted by Gasteiger charge is -2.13. The van der Waals surface area contributed by atoms with E-state index >= 15 is 0 Å². The van der Waals surface area contributed by atoms with Gasteiger partial charge in [-0.1, -0.05) is 11.6 Å². The molecule has 0 aliphatic rings. The Kier molecular flexibility index (Phi) is 4.71. The number of nitrogens with zero attached hydrogens (tertiary/aromatic N) is 2. The number of halogens is 2. The Morgan fingerprint density at radius 3 is 2.71 bits per heavy atom. The molecular formula is C15H13BrClN3O. The van der Waals surface area contributed by atoms with E-state index in [4.69, 9.17) is 16.9 Å². The Morgan fingerprint density at radius 1 is 1.43 bits per heavy atom. The number of anilines is 1.